The first-order valence-corrected chi connectivity index (χ1v) is 5.33. The van der Waals surface area contributed by atoms with Crippen LogP contribution in [0.2, 0.25) is 0 Å². The van der Waals surface area contributed by atoms with Crippen LogP contribution in [-0.4, -0.2) is 0 Å². The van der Waals surface area contributed by atoms with Gasteiger partial charge in [0.25, 0.3) is 0 Å². The quantitative estimate of drug-likeness (QED) is 0.845. The summed E-state index contributed by atoms with van der Waals surface area (Å²) in [7, 11) is 0. The molecule has 2 nitrogen and oxygen atoms in total. The monoisotopic (exact) mass is 253 g/mol. The van der Waals surface area contributed by atoms with Crippen LogP contribution in [0, 0.1) is 6.92 Å². The predicted octanol–water partition coefficient (Wildman–Crippen LogP) is 3.52. The van der Waals surface area contributed by atoms with Gasteiger partial charge in [-0.15, -0.1) is 0 Å². The third kappa shape index (κ3) is 1.37. The molecule has 74 valence electrons. The molecular weight excluding hydrogens is 242 g/mol. The minimum atomic E-state index is -0.0608. The van der Waals surface area contributed by atoms with Crippen molar-refractivity contribution in [3.8, 4) is 0 Å². The van der Waals surface area contributed by atoms with Crippen LogP contribution in [0.1, 0.15) is 24.3 Å². The lowest BCUT2D eigenvalue weighted by Gasteiger charge is -2.00. The Morgan fingerprint density at radius 1 is 1.43 bits per heavy atom. The Balaban J connectivity index is 2.80. The van der Waals surface area contributed by atoms with Crippen LogP contribution >= 0.6 is 15.9 Å². The van der Waals surface area contributed by atoms with E-state index < -0.39 is 0 Å². The fraction of sp³-hybridized carbons (Fsp3) is 0.273. The summed E-state index contributed by atoms with van der Waals surface area (Å²) in [6, 6.07) is 5.95. The molecule has 0 aliphatic rings. The van der Waals surface area contributed by atoms with Crippen molar-refractivity contribution in [1.82, 2.24) is 0 Å². The second-order valence-corrected chi connectivity index (χ2v) is 4.35. The molecule has 0 aliphatic heterocycles. The van der Waals surface area contributed by atoms with E-state index in [0.717, 1.165) is 26.8 Å². The summed E-state index contributed by atoms with van der Waals surface area (Å²) in [5.41, 5.74) is 7.84. The van der Waals surface area contributed by atoms with Gasteiger partial charge in [0.05, 0.1) is 10.5 Å². The molecule has 1 unspecified atom stereocenters. The Morgan fingerprint density at radius 3 is 2.71 bits per heavy atom. The number of para-hydroxylation sites is 1. The van der Waals surface area contributed by atoms with Crippen LogP contribution in [-0.2, 0) is 0 Å². The highest BCUT2D eigenvalue weighted by molar-refractivity contribution is 9.10. The highest BCUT2D eigenvalue weighted by Gasteiger charge is 2.14. The Bertz CT molecular complexity index is 473. The van der Waals surface area contributed by atoms with E-state index in [1.165, 1.54) is 0 Å². The molecule has 1 aromatic heterocycles. The van der Waals surface area contributed by atoms with Gasteiger partial charge < -0.3 is 10.2 Å². The third-order valence-electron chi connectivity index (χ3n) is 2.37. The molecule has 2 N–H and O–H groups in total. The van der Waals surface area contributed by atoms with Crippen LogP contribution in [0.15, 0.2) is 27.1 Å². The highest BCUT2D eigenvalue weighted by Crippen LogP contribution is 2.32. The number of halogens is 1. The van der Waals surface area contributed by atoms with Crippen LogP contribution in [0.25, 0.3) is 11.0 Å². The molecule has 1 aromatic carbocycles. The molecule has 0 aliphatic carbocycles. The first-order chi connectivity index (χ1) is 6.61. The fourth-order valence-corrected chi connectivity index (χ4v) is 2.11. The molecule has 0 spiro atoms. The number of aryl methyl sites for hydroxylation is 1. The van der Waals surface area contributed by atoms with Crippen molar-refractivity contribution >= 4 is 26.9 Å². The van der Waals surface area contributed by atoms with Crippen molar-refractivity contribution in [2.75, 3.05) is 0 Å². The van der Waals surface area contributed by atoms with Gasteiger partial charge in [0.2, 0.25) is 0 Å². The van der Waals surface area contributed by atoms with E-state index in [9.17, 15) is 0 Å². The summed E-state index contributed by atoms with van der Waals surface area (Å²) in [6.07, 6.45) is 0. The van der Waals surface area contributed by atoms with E-state index >= 15 is 0 Å². The lowest BCUT2D eigenvalue weighted by atomic mass is 10.1. The molecular formula is C11H12BrNO. The molecule has 0 radical (unpaired) electrons. The second kappa shape index (κ2) is 3.41. The molecule has 14 heavy (non-hydrogen) atoms. The van der Waals surface area contributed by atoms with Gasteiger partial charge in [-0.3, -0.25) is 0 Å². The van der Waals surface area contributed by atoms with Crippen molar-refractivity contribution in [2.24, 2.45) is 5.73 Å². The predicted molar refractivity (Wildman–Crippen MR) is 61.3 cm³/mol. The topological polar surface area (TPSA) is 39.2 Å². The lowest BCUT2D eigenvalue weighted by Crippen LogP contribution is -2.04. The SMILES string of the molecule is Cc1c(C(C)N)oc2c(Br)cccc12. The molecule has 1 heterocycles. The van der Waals surface area contributed by atoms with Crippen LogP contribution in [0.3, 0.4) is 0 Å². The summed E-state index contributed by atoms with van der Waals surface area (Å²) in [4.78, 5) is 0. The van der Waals surface area contributed by atoms with Crippen LogP contribution < -0.4 is 5.73 Å². The van der Waals surface area contributed by atoms with Gasteiger partial charge in [0, 0.05) is 10.9 Å². The van der Waals surface area contributed by atoms with E-state index in [-0.39, 0.29) is 6.04 Å². The summed E-state index contributed by atoms with van der Waals surface area (Å²) in [5, 5.41) is 1.13. The van der Waals surface area contributed by atoms with E-state index in [4.69, 9.17) is 10.2 Å². The van der Waals surface area contributed by atoms with Gasteiger partial charge in [-0.25, -0.2) is 0 Å². The van der Waals surface area contributed by atoms with E-state index in [0.29, 0.717) is 0 Å². The van der Waals surface area contributed by atoms with Gasteiger partial charge in [-0.05, 0) is 35.8 Å². The molecule has 0 saturated heterocycles. The van der Waals surface area contributed by atoms with Crippen LogP contribution in [0.5, 0.6) is 0 Å². The zero-order valence-electron chi connectivity index (χ0n) is 8.17. The maximum atomic E-state index is 5.82. The molecule has 0 fully saturated rings. The maximum Gasteiger partial charge on any atom is 0.148 e. The van der Waals surface area contributed by atoms with Gasteiger partial charge in [-0.2, -0.15) is 0 Å². The summed E-state index contributed by atoms with van der Waals surface area (Å²) < 4.78 is 6.70. The van der Waals surface area contributed by atoms with Crippen molar-refractivity contribution < 1.29 is 4.42 Å². The molecule has 3 heteroatoms. The van der Waals surface area contributed by atoms with Crippen molar-refractivity contribution in [3.05, 3.63) is 34.0 Å². The number of hydrogen-bond donors (Lipinski definition) is 1. The van der Waals surface area contributed by atoms with E-state index in [2.05, 4.69) is 15.9 Å². The Labute approximate surface area is 91.2 Å². The Hall–Kier alpha value is -0.800. The number of furan rings is 1. The highest BCUT2D eigenvalue weighted by atomic mass is 79.9. The van der Waals surface area contributed by atoms with Gasteiger partial charge in [0.1, 0.15) is 11.3 Å². The molecule has 2 aromatic rings. The number of rotatable bonds is 1. The van der Waals surface area contributed by atoms with Crippen molar-refractivity contribution in [2.45, 2.75) is 19.9 Å². The van der Waals surface area contributed by atoms with E-state index in [1.807, 2.05) is 32.0 Å². The minimum Gasteiger partial charge on any atom is -0.458 e. The maximum absolute atomic E-state index is 5.82. The first kappa shape index (κ1) is 9.74. The van der Waals surface area contributed by atoms with Crippen molar-refractivity contribution in [1.29, 1.82) is 0 Å². The largest absolute Gasteiger partial charge is 0.458 e. The van der Waals surface area contributed by atoms with Gasteiger partial charge in [0.15, 0.2) is 0 Å². The standard InChI is InChI=1S/C11H12BrNO/c1-6-8-4-3-5-9(12)11(8)14-10(6)7(2)13/h3-5,7H,13H2,1-2H3. The van der Waals surface area contributed by atoms with Gasteiger partial charge in [-0.1, -0.05) is 12.1 Å². The molecule has 1 atom stereocenters. The third-order valence-corrected chi connectivity index (χ3v) is 2.99. The molecule has 0 saturated carbocycles. The number of benzene rings is 1. The molecule has 0 bridgehead atoms. The summed E-state index contributed by atoms with van der Waals surface area (Å²) in [5.74, 6) is 0.868. The molecule has 2 rings (SSSR count). The number of nitrogens with two attached hydrogens (primary N) is 1. The fourth-order valence-electron chi connectivity index (χ4n) is 1.66. The Morgan fingerprint density at radius 2 is 2.14 bits per heavy atom. The van der Waals surface area contributed by atoms with E-state index in [1.54, 1.807) is 0 Å². The smallest absolute Gasteiger partial charge is 0.148 e. The average molecular weight is 254 g/mol. The second-order valence-electron chi connectivity index (χ2n) is 3.50. The van der Waals surface area contributed by atoms with Gasteiger partial charge >= 0.3 is 0 Å². The number of fused-ring (bicyclic) bond motifs is 1. The summed E-state index contributed by atoms with van der Waals surface area (Å²) >= 11 is 3.46. The zero-order valence-corrected chi connectivity index (χ0v) is 9.76. The van der Waals surface area contributed by atoms with Crippen molar-refractivity contribution in [3.63, 3.8) is 0 Å². The normalized spacial score (nSPS) is 13.4. The summed E-state index contributed by atoms with van der Waals surface area (Å²) in [6.45, 7) is 3.97. The zero-order chi connectivity index (χ0) is 10.3. The van der Waals surface area contributed by atoms with Crippen LogP contribution in [0.4, 0.5) is 0 Å². The lowest BCUT2D eigenvalue weighted by molar-refractivity contribution is 0.508. The number of hydrogen-bond acceptors (Lipinski definition) is 2. The Kier molecular flexibility index (Phi) is 2.37. The minimum absolute atomic E-state index is 0.0608. The molecule has 0 amide bonds. The first-order valence-electron chi connectivity index (χ1n) is 4.54. The average Bonchev–Trinajstić information content (AvgIpc) is 2.46.